The molecule has 0 unspecified atom stereocenters. The average Bonchev–Trinajstić information content (AvgIpc) is 2.72. The van der Waals surface area contributed by atoms with Crippen LogP contribution in [-0.2, 0) is 6.54 Å². The van der Waals surface area contributed by atoms with Crippen LogP contribution in [0.15, 0.2) is 48.5 Å². The molecule has 0 fully saturated rings. The van der Waals surface area contributed by atoms with Crippen LogP contribution in [0.4, 0.5) is 5.69 Å². The third kappa shape index (κ3) is 2.81. The molecule has 0 aliphatic carbocycles. The third-order valence-corrected chi connectivity index (χ3v) is 3.11. The van der Waals surface area contributed by atoms with Crippen molar-refractivity contribution in [3.63, 3.8) is 0 Å². The lowest BCUT2D eigenvalue weighted by atomic mass is 10.1. The molecule has 0 atom stereocenters. The lowest BCUT2D eigenvalue weighted by Gasteiger charge is -2.13. The molecule has 0 radical (unpaired) electrons. The van der Waals surface area contributed by atoms with Crippen molar-refractivity contribution in [2.24, 2.45) is 0 Å². The summed E-state index contributed by atoms with van der Waals surface area (Å²) in [7, 11) is 0. The van der Waals surface area contributed by atoms with E-state index < -0.39 is 0 Å². The van der Waals surface area contributed by atoms with Gasteiger partial charge in [0.15, 0.2) is 11.5 Å². The van der Waals surface area contributed by atoms with E-state index in [1.165, 1.54) is 0 Å². The molecule has 1 N–H and O–H groups in total. The molecular weight excluding hydrogens is 238 g/mol. The smallest absolute Gasteiger partial charge is 0.166 e. The molecule has 0 amide bonds. The molecular formula is C16H17NO2. The van der Waals surface area contributed by atoms with E-state index in [0.717, 1.165) is 48.9 Å². The van der Waals surface area contributed by atoms with Gasteiger partial charge in [-0.2, -0.15) is 0 Å². The summed E-state index contributed by atoms with van der Waals surface area (Å²) in [5.41, 5.74) is 2.23. The zero-order valence-electron chi connectivity index (χ0n) is 10.8. The van der Waals surface area contributed by atoms with Crippen LogP contribution in [0.25, 0.3) is 0 Å². The Hall–Kier alpha value is -2.16. The Labute approximate surface area is 113 Å². The van der Waals surface area contributed by atoms with Crippen LogP contribution >= 0.6 is 0 Å². The Balaban J connectivity index is 1.78. The maximum absolute atomic E-state index is 5.80. The van der Waals surface area contributed by atoms with Gasteiger partial charge in [0.1, 0.15) is 0 Å². The van der Waals surface area contributed by atoms with Gasteiger partial charge in [0.05, 0.1) is 13.2 Å². The second kappa shape index (κ2) is 5.65. The van der Waals surface area contributed by atoms with E-state index in [9.17, 15) is 0 Å². The molecule has 0 saturated heterocycles. The maximum Gasteiger partial charge on any atom is 0.166 e. The number of fused-ring (bicyclic) bond motifs is 1. The standard InChI is InChI=1S/C16H17NO2/c1-2-7-14(8-3-1)17-12-13-6-4-9-15-16(13)19-11-5-10-18-15/h1-4,6-9,17H,5,10-12H2. The molecule has 3 nitrogen and oxygen atoms in total. The largest absolute Gasteiger partial charge is 0.490 e. The van der Waals surface area contributed by atoms with E-state index in [4.69, 9.17) is 9.47 Å². The van der Waals surface area contributed by atoms with E-state index in [-0.39, 0.29) is 0 Å². The summed E-state index contributed by atoms with van der Waals surface area (Å²) in [6.45, 7) is 2.18. The van der Waals surface area contributed by atoms with Crippen molar-refractivity contribution in [1.29, 1.82) is 0 Å². The quantitative estimate of drug-likeness (QED) is 0.911. The molecule has 0 saturated carbocycles. The first-order chi connectivity index (χ1) is 9.43. The average molecular weight is 255 g/mol. The van der Waals surface area contributed by atoms with Crippen LogP contribution < -0.4 is 14.8 Å². The number of ether oxygens (including phenoxy) is 2. The molecule has 19 heavy (non-hydrogen) atoms. The van der Waals surface area contributed by atoms with Gasteiger partial charge < -0.3 is 14.8 Å². The predicted octanol–water partition coefficient (Wildman–Crippen LogP) is 3.46. The van der Waals surface area contributed by atoms with Gasteiger partial charge in [0.25, 0.3) is 0 Å². The minimum absolute atomic E-state index is 0.718. The number of anilines is 1. The summed E-state index contributed by atoms with van der Waals surface area (Å²) >= 11 is 0. The van der Waals surface area contributed by atoms with Crippen LogP contribution in [0.3, 0.4) is 0 Å². The first-order valence-corrected chi connectivity index (χ1v) is 6.60. The summed E-state index contributed by atoms with van der Waals surface area (Å²) in [6, 6.07) is 16.2. The summed E-state index contributed by atoms with van der Waals surface area (Å²) in [6.07, 6.45) is 0.931. The SMILES string of the molecule is c1ccc(NCc2cccc3c2OCCCO3)cc1. The Morgan fingerprint density at radius 1 is 0.895 bits per heavy atom. The number of nitrogens with one attached hydrogen (secondary N) is 1. The lowest BCUT2D eigenvalue weighted by Crippen LogP contribution is -2.03. The summed E-state index contributed by atoms with van der Waals surface area (Å²) in [5.74, 6) is 1.73. The minimum Gasteiger partial charge on any atom is -0.490 e. The highest BCUT2D eigenvalue weighted by Crippen LogP contribution is 2.33. The second-order valence-electron chi connectivity index (χ2n) is 4.51. The van der Waals surface area contributed by atoms with Crippen molar-refractivity contribution in [3.8, 4) is 11.5 Å². The van der Waals surface area contributed by atoms with Gasteiger partial charge >= 0.3 is 0 Å². The van der Waals surface area contributed by atoms with Gasteiger partial charge in [-0.25, -0.2) is 0 Å². The van der Waals surface area contributed by atoms with E-state index in [1.54, 1.807) is 0 Å². The molecule has 0 spiro atoms. The monoisotopic (exact) mass is 255 g/mol. The number of para-hydroxylation sites is 2. The topological polar surface area (TPSA) is 30.5 Å². The van der Waals surface area contributed by atoms with Gasteiger partial charge in [-0.1, -0.05) is 30.3 Å². The van der Waals surface area contributed by atoms with Gasteiger partial charge in [0, 0.05) is 24.2 Å². The van der Waals surface area contributed by atoms with Crippen LogP contribution in [0, 0.1) is 0 Å². The molecule has 1 aliphatic heterocycles. The van der Waals surface area contributed by atoms with E-state index in [2.05, 4.69) is 23.5 Å². The number of benzene rings is 2. The molecule has 1 heterocycles. The Morgan fingerprint density at radius 2 is 1.74 bits per heavy atom. The summed E-state index contributed by atoms with van der Waals surface area (Å²) in [4.78, 5) is 0. The van der Waals surface area contributed by atoms with Gasteiger partial charge in [-0.3, -0.25) is 0 Å². The fraction of sp³-hybridized carbons (Fsp3) is 0.250. The minimum atomic E-state index is 0.718. The fourth-order valence-electron chi connectivity index (χ4n) is 2.15. The molecule has 0 bridgehead atoms. The van der Waals surface area contributed by atoms with E-state index in [0.29, 0.717) is 0 Å². The molecule has 2 aromatic carbocycles. The van der Waals surface area contributed by atoms with Crippen LogP contribution in [0.1, 0.15) is 12.0 Å². The van der Waals surface area contributed by atoms with Gasteiger partial charge in [0.2, 0.25) is 0 Å². The molecule has 98 valence electrons. The molecule has 1 aliphatic rings. The highest BCUT2D eigenvalue weighted by Gasteiger charge is 2.13. The number of rotatable bonds is 3. The lowest BCUT2D eigenvalue weighted by molar-refractivity contribution is 0.296. The predicted molar refractivity (Wildman–Crippen MR) is 75.8 cm³/mol. The van der Waals surface area contributed by atoms with Crippen molar-refractivity contribution in [2.75, 3.05) is 18.5 Å². The zero-order chi connectivity index (χ0) is 12.9. The van der Waals surface area contributed by atoms with E-state index >= 15 is 0 Å². The first-order valence-electron chi connectivity index (χ1n) is 6.60. The van der Waals surface area contributed by atoms with Crippen molar-refractivity contribution in [2.45, 2.75) is 13.0 Å². The van der Waals surface area contributed by atoms with Gasteiger partial charge in [-0.15, -0.1) is 0 Å². The fourth-order valence-corrected chi connectivity index (χ4v) is 2.15. The van der Waals surface area contributed by atoms with Crippen molar-refractivity contribution < 1.29 is 9.47 Å². The highest BCUT2D eigenvalue weighted by atomic mass is 16.5. The molecule has 0 aromatic heterocycles. The number of hydrogen-bond donors (Lipinski definition) is 1. The summed E-state index contributed by atoms with van der Waals surface area (Å²) < 4.78 is 11.5. The second-order valence-corrected chi connectivity index (χ2v) is 4.51. The number of hydrogen-bond acceptors (Lipinski definition) is 3. The zero-order valence-corrected chi connectivity index (χ0v) is 10.8. The maximum atomic E-state index is 5.80. The van der Waals surface area contributed by atoms with Crippen LogP contribution in [0.2, 0.25) is 0 Å². The van der Waals surface area contributed by atoms with Crippen LogP contribution in [0.5, 0.6) is 11.5 Å². The van der Waals surface area contributed by atoms with Crippen molar-refractivity contribution in [3.05, 3.63) is 54.1 Å². The van der Waals surface area contributed by atoms with Gasteiger partial charge in [-0.05, 0) is 18.2 Å². The normalized spacial score (nSPS) is 13.7. The van der Waals surface area contributed by atoms with Crippen LogP contribution in [-0.4, -0.2) is 13.2 Å². The highest BCUT2D eigenvalue weighted by molar-refractivity contribution is 5.50. The molecule has 3 heteroatoms. The Morgan fingerprint density at radius 3 is 2.63 bits per heavy atom. The van der Waals surface area contributed by atoms with Crippen molar-refractivity contribution in [1.82, 2.24) is 0 Å². The molecule has 3 rings (SSSR count). The molecule has 2 aromatic rings. The summed E-state index contributed by atoms with van der Waals surface area (Å²) in [5, 5.41) is 3.40. The van der Waals surface area contributed by atoms with Crippen molar-refractivity contribution >= 4 is 5.69 Å². The third-order valence-electron chi connectivity index (χ3n) is 3.11. The Bertz CT molecular complexity index is 540. The first kappa shape index (κ1) is 11.9. The Kier molecular flexibility index (Phi) is 3.54. The van der Waals surface area contributed by atoms with E-state index in [1.807, 2.05) is 30.3 Å².